The largest absolute Gasteiger partial charge is 0.493 e. The smallest absolute Gasteiger partial charge is 0.307 e. The van der Waals surface area contributed by atoms with E-state index < -0.39 is 5.97 Å². The number of carboxylic acids is 1. The minimum atomic E-state index is -0.847. The number of hydrogen-bond acceptors (Lipinski definition) is 5. The Morgan fingerprint density at radius 1 is 1.08 bits per heavy atom. The lowest BCUT2D eigenvalue weighted by molar-refractivity contribution is -0.136. The van der Waals surface area contributed by atoms with Gasteiger partial charge in [0.1, 0.15) is 16.5 Å². The standard InChI is InChI=1S/C29H32N2O4S/c1-2-6-19-15-20(29-31-25-7-3-4-8-27(25)36-29)9-12-26(19)35-14-5-13-34-22-10-11-24-23(17-22)21(18-30-24)16-28(32)33/h9-12,15,17-18,30H,2-8,13-14,16H2,1H3,(H,32,33). The third-order valence-corrected chi connectivity index (χ3v) is 7.77. The van der Waals surface area contributed by atoms with Gasteiger partial charge in [-0.3, -0.25) is 4.79 Å². The van der Waals surface area contributed by atoms with Crippen molar-refractivity contribution in [2.24, 2.45) is 0 Å². The summed E-state index contributed by atoms with van der Waals surface area (Å²) in [7, 11) is 0. The number of ether oxygens (including phenoxy) is 2. The lowest BCUT2D eigenvalue weighted by Crippen LogP contribution is -2.06. The van der Waals surface area contributed by atoms with Crippen molar-refractivity contribution in [3.05, 3.63) is 64.3 Å². The zero-order valence-corrected chi connectivity index (χ0v) is 21.5. The van der Waals surface area contributed by atoms with E-state index in [-0.39, 0.29) is 6.42 Å². The number of aromatic nitrogens is 2. The molecular weight excluding hydrogens is 472 g/mol. The number of fused-ring (bicyclic) bond motifs is 2. The molecule has 1 aliphatic rings. The summed E-state index contributed by atoms with van der Waals surface area (Å²) in [5.41, 5.74) is 5.39. The molecule has 6 nitrogen and oxygen atoms in total. The lowest BCUT2D eigenvalue weighted by Gasteiger charge is -2.13. The molecule has 1 aliphatic carbocycles. The van der Waals surface area contributed by atoms with Crippen LogP contribution in [0.2, 0.25) is 0 Å². The summed E-state index contributed by atoms with van der Waals surface area (Å²) in [6, 6.07) is 12.2. The molecule has 2 heterocycles. The minimum Gasteiger partial charge on any atom is -0.493 e. The summed E-state index contributed by atoms with van der Waals surface area (Å²) in [4.78, 5) is 20.6. The van der Waals surface area contributed by atoms with Crippen molar-refractivity contribution in [3.8, 4) is 22.1 Å². The lowest BCUT2D eigenvalue weighted by atomic mass is 10.0. The number of carboxylic acid groups (broad SMARTS) is 1. The van der Waals surface area contributed by atoms with Crippen molar-refractivity contribution in [1.82, 2.24) is 9.97 Å². The highest BCUT2D eigenvalue weighted by atomic mass is 32.1. The van der Waals surface area contributed by atoms with Crippen molar-refractivity contribution in [3.63, 3.8) is 0 Å². The van der Waals surface area contributed by atoms with Crippen LogP contribution in [-0.4, -0.2) is 34.3 Å². The SMILES string of the molecule is CCCc1cc(-c2nc3c(s2)CCCC3)ccc1OCCCOc1ccc2[nH]cc(CC(=O)O)c2c1. The molecule has 0 atom stereocenters. The van der Waals surface area contributed by atoms with E-state index >= 15 is 0 Å². The van der Waals surface area contributed by atoms with Crippen LogP contribution in [-0.2, 0) is 30.5 Å². The van der Waals surface area contributed by atoms with Gasteiger partial charge in [0.2, 0.25) is 0 Å². The fourth-order valence-electron chi connectivity index (χ4n) is 4.78. The maximum atomic E-state index is 11.1. The van der Waals surface area contributed by atoms with E-state index in [4.69, 9.17) is 19.6 Å². The zero-order valence-electron chi connectivity index (χ0n) is 20.6. The maximum absolute atomic E-state index is 11.1. The van der Waals surface area contributed by atoms with Crippen LogP contribution in [0.25, 0.3) is 21.5 Å². The number of aryl methyl sites for hydroxylation is 3. The number of hydrogen-bond donors (Lipinski definition) is 2. The molecule has 0 radical (unpaired) electrons. The quantitative estimate of drug-likeness (QED) is 0.225. The highest BCUT2D eigenvalue weighted by molar-refractivity contribution is 7.15. The Bertz CT molecular complexity index is 1330. The predicted molar refractivity (Wildman–Crippen MR) is 143 cm³/mol. The molecule has 0 aliphatic heterocycles. The first-order chi connectivity index (χ1) is 17.6. The van der Waals surface area contributed by atoms with Crippen molar-refractivity contribution < 1.29 is 19.4 Å². The van der Waals surface area contributed by atoms with E-state index in [1.54, 1.807) is 6.20 Å². The number of rotatable bonds is 11. The van der Waals surface area contributed by atoms with Gasteiger partial charge in [0.05, 0.1) is 25.3 Å². The molecule has 4 aromatic rings. The van der Waals surface area contributed by atoms with Gasteiger partial charge in [-0.25, -0.2) is 4.98 Å². The summed E-state index contributed by atoms with van der Waals surface area (Å²) in [5.74, 6) is 0.825. The van der Waals surface area contributed by atoms with Gasteiger partial charge in [-0.2, -0.15) is 0 Å². The summed E-state index contributed by atoms with van der Waals surface area (Å²) in [6.45, 7) is 3.28. The van der Waals surface area contributed by atoms with E-state index in [0.29, 0.717) is 13.2 Å². The Morgan fingerprint density at radius 2 is 1.94 bits per heavy atom. The van der Waals surface area contributed by atoms with Crippen LogP contribution in [0.4, 0.5) is 0 Å². The first-order valence-corrected chi connectivity index (χ1v) is 13.6. The van der Waals surface area contributed by atoms with E-state index in [1.165, 1.54) is 41.0 Å². The molecule has 2 N–H and O–H groups in total. The topological polar surface area (TPSA) is 84.4 Å². The average Bonchev–Trinajstić information content (AvgIpc) is 3.48. The van der Waals surface area contributed by atoms with Gasteiger partial charge in [-0.15, -0.1) is 11.3 Å². The Morgan fingerprint density at radius 3 is 2.78 bits per heavy atom. The highest BCUT2D eigenvalue weighted by Gasteiger charge is 2.17. The zero-order chi connectivity index (χ0) is 24.9. The van der Waals surface area contributed by atoms with Gasteiger partial charge in [-0.1, -0.05) is 13.3 Å². The molecule has 2 aromatic carbocycles. The molecule has 0 saturated carbocycles. The van der Waals surface area contributed by atoms with E-state index in [1.807, 2.05) is 29.5 Å². The van der Waals surface area contributed by atoms with Crippen LogP contribution < -0.4 is 9.47 Å². The highest BCUT2D eigenvalue weighted by Crippen LogP contribution is 2.35. The number of aromatic amines is 1. The van der Waals surface area contributed by atoms with Gasteiger partial charge in [-0.05, 0) is 79.6 Å². The third-order valence-electron chi connectivity index (χ3n) is 6.57. The van der Waals surface area contributed by atoms with Crippen molar-refractivity contribution >= 4 is 28.2 Å². The first kappa shape index (κ1) is 24.4. The predicted octanol–water partition coefficient (Wildman–Crippen LogP) is 6.60. The molecular formula is C29H32N2O4S. The Labute approximate surface area is 215 Å². The fourth-order valence-corrected chi connectivity index (χ4v) is 5.93. The van der Waals surface area contributed by atoms with E-state index in [9.17, 15) is 4.79 Å². The molecule has 7 heteroatoms. The van der Waals surface area contributed by atoms with Crippen molar-refractivity contribution in [2.75, 3.05) is 13.2 Å². The van der Waals surface area contributed by atoms with Gasteiger partial charge in [0.15, 0.2) is 0 Å². The molecule has 2 aromatic heterocycles. The molecule has 0 unspecified atom stereocenters. The van der Waals surface area contributed by atoms with E-state index in [0.717, 1.165) is 58.7 Å². The second-order valence-electron chi connectivity index (χ2n) is 9.31. The number of nitrogens with one attached hydrogen (secondary N) is 1. The van der Waals surface area contributed by atoms with Crippen LogP contribution in [0.15, 0.2) is 42.6 Å². The van der Waals surface area contributed by atoms with E-state index in [2.05, 4.69) is 30.1 Å². The Kier molecular flexibility index (Phi) is 7.56. The second-order valence-corrected chi connectivity index (χ2v) is 10.4. The van der Waals surface area contributed by atoms with Crippen LogP contribution in [0.3, 0.4) is 0 Å². The second kappa shape index (κ2) is 11.2. The third kappa shape index (κ3) is 5.57. The first-order valence-electron chi connectivity index (χ1n) is 12.8. The summed E-state index contributed by atoms with van der Waals surface area (Å²) in [6.07, 6.45) is 9.32. The normalized spacial score (nSPS) is 13.0. The number of carbonyl (C=O) groups is 1. The molecule has 5 rings (SSSR count). The summed E-state index contributed by atoms with van der Waals surface area (Å²) < 4.78 is 12.1. The molecule has 0 spiro atoms. The maximum Gasteiger partial charge on any atom is 0.307 e. The van der Waals surface area contributed by atoms with Crippen LogP contribution >= 0.6 is 11.3 Å². The molecule has 0 amide bonds. The Hall–Kier alpha value is -3.32. The summed E-state index contributed by atoms with van der Waals surface area (Å²) >= 11 is 1.85. The van der Waals surface area contributed by atoms with Crippen LogP contribution in [0, 0.1) is 0 Å². The molecule has 0 saturated heterocycles. The molecule has 188 valence electrons. The van der Waals surface area contributed by atoms with Gasteiger partial charge < -0.3 is 19.6 Å². The Balaban J connectivity index is 1.17. The van der Waals surface area contributed by atoms with Crippen LogP contribution in [0.1, 0.15) is 54.3 Å². The number of aliphatic carboxylic acids is 1. The average molecular weight is 505 g/mol. The van der Waals surface area contributed by atoms with Crippen molar-refractivity contribution in [2.45, 2.75) is 58.3 Å². The van der Waals surface area contributed by atoms with Gasteiger partial charge in [0.25, 0.3) is 0 Å². The van der Waals surface area contributed by atoms with Gasteiger partial charge >= 0.3 is 5.97 Å². The molecule has 0 fully saturated rings. The monoisotopic (exact) mass is 504 g/mol. The fraction of sp³-hybridized carbons (Fsp3) is 0.379. The number of H-pyrrole nitrogens is 1. The minimum absolute atomic E-state index is 0.0128. The molecule has 0 bridgehead atoms. The van der Waals surface area contributed by atoms with Crippen LogP contribution in [0.5, 0.6) is 11.5 Å². The van der Waals surface area contributed by atoms with Crippen molar-refractivity contribution in [1.29, 1.82) is 0 Å². The number of nitrogens with zero attached hydrogens (tertiary/aromatic N) is 1. The number of thiazole rings is 1. The number of benzene rings is 2. The molecule has 36 heavy (non-hydrogen) atoms. The van der Waals surface area contributed by atoms with Gasteiger partial charge in [0, 0.05) is 34.0 Å². The summed E-state index contributed by atoms with van der Waals surface area (Å²) in [5, 5.41) is 11.1.